The molecule has 1 aromatic heterocycles. The van der Waals surface area contributed by atoms with Crippen molar-refractivity contribution < 1.29 is 33.1 Å². The average molecular weight is 428 g/mol. The van der Waals surface area contributed by atoms with E-state index >= 15 is 0 Å². The van der Waals surface area contributed by atoms with E-state index in [-0.39, 0.29) is 35.7 Å². The van der Waals surface area contributed by atoms with Crippen LogP contribution in [0.2, 0.25) is 0 Å². The summed E-state index contributed by atoms with van der Waals surface area (Å²) in [4.78, 5) is 49.8. The zero-order valence-corrected chi connectivity index (χ0v) is 17.2. The lowest BCUT2D eigenvalue weighted by atomic mass is 9.97. The van der Waals surface area contributed by atoms with Crippen molar-refractivity contribution in [1.29, 1.82) is 0 Å². The molecule has 1 aliphatic rings. The van der Waals surface area contributed by atoms with Gasteiger partial charge in [0.15, 0.2) is 12.4 Å². The molecule has 0 spiro atoms. The van der Waals surface area contributed by atoms with E-state index in [0.29, 0.717) is 38.2 Å². The number of piperidine rings is 1. The molecule has 1 N–H and O–H groups in total. The van der Waals surface area contributed by atoms with E-state index in [1.54, 1.807) is 30.0 Å². The van der Waals surface area contributed by atoms with Crippen molar-refractivity contribution in [2.45, 2.75) is 19.8 Å². The Kier molecular flexibility index (Phi) is 7.42. The Morgan fingerprint density at radius 3 is 2.39 bits per heavy atom. The number of likely N-dealkylation sites (tertiary alicyclic amines) is 1. The van der Waals surface area contributed by atoms with E-state index in [1.807, 2.05) is 0 Å². The third kappa shape index (κ3) is 5.94. The first-order valence-electron chi connectivity index (χ1n) is 10.0. The molecule has 0 bridgehead atoms. The minimum atomic E-state index is -0.640. The van der Waals surface area contributed by atoms with Crippen LogP contribution in [0.1, 0.15) is 40.7 Å². The molecule has 1 aliphatic heterocycles. The van der Waals surface area contributed by atoms with Crippen molar-refractivity contribution >= 4 is 29.4 Å². The molecule has 1 saturated heterocycles. The maximum atomic E-state index is 12.3. The summed E-state index contributed by atoms with van der Waals surface area (Å²) in [6, 6.07) is 9.25. The van der Waals surface area contributed by atoms with Crippen LogP contribution >= 0.6 is 0 Å². The summed E-state index contributed by atoms with van der Waals surface area (Å²) in [6.07, 6.45) is 2.46. The van der Waals surface area contributed by atoms with E-state index in [0.717, 1.165) is 0 Å². The highest BCUT2D eigenvalue weighted by molar-refractivity contribution is 6.02. The van der Waals surface area contributed by atoms with Crippen molar-refractivity contribution in [2.75, 3.05) is 31.6 Å². The molecule has 3 rings (SSSR count). The normalized spacial score (nSPS) is 14.0. The standard InChI is InChI=1S/C22H24N2O7/c1-2-29-21(27)16-9-11-24(12-10-16)19(25)14-31-22(28)15-5-7-17(8-6-15)23-20(26)18-4-3-13-30-18/h3-8,13,16H,2,9-12,14H2,1H3,(H,23,26). The fourth-order valence-corrected chi connectivity index (χ4v) is 3.22. The van der Waals surface area contributed by atoms with Crippen molar-refractivity contribution in [3.05, 3.63) is 54.0 Å². The molecule has 2 heterocycles. The SMILES string of the molecule is CCOC(=O)C1CCN(C(=O)COC(=O)c2ccc(NC(=O)c3ccco3)cc2)CC1. The summed E-state index contributed by atoms with van der Waals surface area (Å²) in [6.45, 7) is 2.56. The molecule has 0 saturated carbocycles. The second-order valence-corrected chi connectivity index (χ2v) is 6.99. The highest BCUT2D eigenvalue weighted by Crippen LogP contribution is 2.19. The summed E-state index contributed by atoms with van der Waals surface area (Å²) in [5.74, 6) is -1.61. The second kappa shape index (κ2) is 10.4. The minimum Gasteiger partial charge on any atom is -0.466 e. The first-order chi connectivity index (χ1) is 15.0. The van der Waals surface area contributed by atoms with Crippen LogP contribution in [0.4, 0.5) is 5.69 Å². The molecule has 9 heteroatoms. The number of hydrogen-bond acceptors (Lipinski definition) is 7. The van der Waals surface area contributed by atoms with Gasteiger partial charge in [-0.3, -0.25) is 14.4 Å². The van der Waals surface area contributed by atoms with Gasteiger partial charge in [0.05, 0.1) is 24.4 Å². The number of nitrogens with one attached hydrogen (secondary N) is 1. The lowest BCUT2D eigenvalue weighted by molar-refractivity contribution is -0.151. The van der Waals surface area contributed by atoms with Gasteiger partial charge in [0, 0.05) is 18.8 Å². The van der Waals surface area contributed by atoms with Crippen LogP contribution in [0.3, 0.4) is 0 Å². The maximum Gasteiger partial charge on any atom is 0.338 e. The van der Waals surface area contributed by atoms with E-state index < -0.39 is 11.9 Å². The van der Waals surface area contributed by atoms with E-state index in [2.05, 4.69) is 5.32 Å². The molecule has 2 amide bonds. The number of carbonyl (C=O) groups excluding carboxylic acids is 4. The number of esters is 2. The van der Waals surface area contributed by atoms with Gasteiger partial charge >= 0.3 is 11.9 Å². The van der Waals surface area contributed by atoms with Gasteiger partial charge in [0.25, 0.3) is 11.8 Å². The Morgan fingerprint density at radius 2 is 1.77 bits per heavy atom. The van der Waals surface area contributed by atoms with Crippen molar-refractivity contribution in [2.24, 2.45) is 5.92 Å². The second-order valence-electron chi connectivity index (χ2n) is 6.99. The fourth-order valence-electron chi connectivity index (χ4n) is 3.22. The number of amides is 2. The monoisotopic (exact) mass is 428 g/mol. The minimum absolute atomic E-state index is 0.174. The van der Waals surface area contributed by atoms with Gasteiger partial charge in [-0.15, -0.1) is 0 Å². The Bertz CT molecular complexity index is 914. The van der Waals surface area contributed by atoms with Crippen LogP contribution < -0.4 is 5.32 Å². The molecule has 2 aromatic rings. The number of ether oxygens (including phenoxy) is 2. The molecule has 31 heavy (non-hydrogen) atoms. The number of rotatable bonds is 7. The molecule has 0 radical (unpaired) electrons. The number of hydrogen-bond donors (Lipinski definition) is 1. The zero-order valence-electron chi connectivity index (χ0n) is 17.2. The highest BCUT2D eigenvalue weighted by atomic mass is 16.5. The van der Waals surface area contributed by atoms with Crippen molar-refractivity contribution in [3.8, 4) is 0 Å². The van der Waals surface area contributed by atoms with E-state index in [1.165, 1.54) is 24.5 Å². The molecule has 164 valence electrons. The molecule has 1 fully saturated rings. The topological polar surface area (TPSA) is 115 Å². The molecule has 1 aromatic carbocycles. The van der Waals surface area contributed by atoms with Gasteiger partial charge in [0.1, 0.15) is 0 Å². The first-order valence-corrected chi connectivity index (χ1v) is 10.0. The van der Waals surface area contributed by atoms with Gasteiger partial charge in [-0.2, -0.15) is 0 Å². The summed E-state index contributed by atoms with van der Waals surface area (Å²) in [5, 5.41) is 2.64. The summed E-state index contributed by atoms with van der Waals surface area (Å²) in [7, 11) is 0. The lowest BCUT2D eigenvalue weighted by Gasteiger charge is -2.30. The lowest BCUT2D eigenvalue weighted by Crippen LogP contribution is -2.42. The molecule has 0 aliphatic carbocycles. The fraction of sp³-hybridized carbons (Fsp3) is 0.364. The van der Waals surface area contributed by atoms with Gasteiger partial charge in [-0.1, -0.05) is 0 Å². The van der Waals surface area contributed by atoms with Crippen molar-refractivity contribution in [1.82, 2.24) is 4.90 Å². The van der Waals surface area contributed by atoms with Crippen LogP contribution in [0.15, 0.2) is 47.1 Å². The van der Waals surface area contributed by atoms with E-state index in [9.17, 15) is 19.2 Å². The first kappa shape index (κ1) is 22.1. The van der Waals surface area contributed by atoms with Crippen LogP contribution in [0.5, 0.6) is 0 Å². The number of anilines is 1. The third-order valence-corrected chi connectivity index (χ3v) is 4.92. The summed E-state index contributed by atoms with van der Waals surface area (Å²) >= 11 is 0. The number of carbonyl (C=O) groups is 4. The molecular formula is C22H24N2O7. The van der Waals surface area contributed by atoms with Gasteiger partial charge in [0.2, 0.25) is 0 Å². The van der Waals surface area contributed by atoms with Crippen LogP contribution in [-0.2, 0) is 19.1 Å². The number of nitrogens with zero attached hydrogens (tertiary/aromatic N) is 1. The quantitative estimate of drug-likeness (QED) is 0.674. The Balaban J connectivity index is 1.43. The molecule has 0 unspecified atom stereocenters. The molecular weight excluding hydrogens is 404 g/mol. The summed E-state index contributed by atoms with van der Waals surface area (Å²) < 4.78 is 15.1. The number of benzene rings is 1. The molecule has 0 atom stereocenters. The Hall–Kier alpha value is -3.62. The van der Waals surface area contributed by atoms with Gasteiger partial charge in [-0.05, 0) is 56.2 Å². The average Bonchev–Trinajstić information content (AvgIpc) is 3.33. The van der Waals surface area contributed by atoms with Gasteiger partial charge in [-0.25, -0.2) is 4.79 Å². The van der Waals surface area contributed by atoms with Crippen LogP contribution in [-0.4, -0.2) is 55.0 Å². The van der Waals surface area contributed by atoms with E-state index in [4.69, 9.17) is 13.9 Å². The smallest absolute Gasteiger partial charge is 0.338 e. The van der Waals surface area contributed by atoms with Gasteiger partial charge < -0.3 is 24.1 Å². The van der Waals surface area contributed by atoms with Crippen molar-refractivity contribution in [3.63, 3.8) is 0 Å². The Morgan fingerprint density at radius 1 is 1.06 bits per heavy atom. The highest BCUT2D eigenvalue weighted by Gasteiger charge is 2.28. The predicted octanol–water partition coefficient (Wildman–Crippen LogP) is 2.49. The van der Waals surface area contributed by atoms with Crippen LogP contribution in [0, 0.1) is 5.92 Å². The summed E-state index contributed by atoms with van der Waals surface area (Å²) in [5.41, 5.74) is 0.739. The van der Waals surface area contributed by atoms with Crippen LogP contribution in [0.25, 0.3) is 0 Å². The largest absolute Gasteiger partial charge is 0.466 e. The third-order valence-electron chi connectivity index (χ3n) is 4.92. The zero-order chi connectivity index (χ0) is 22.2. The predicted molar refractivity (Wildman–Crippen MR) is 109 cm³/mol. The maximum absolute atomic E-state index is 12.3. The molecule has 9 nitrogen and oxygen atoms in total. The Labute approximate surface area is 179 Å². The number of furan rings is 1.